The molecule has 1 unspecified atom stereocenters. The summed E-state index contributed by atoms with van der Waals surface area (Å²) in [5.41, 5.74) is 6.36. The van der Waals surface area contributed by atoms with Crippen molar-refractivity contribution in [2.75, 3.05) is 5.75 Å². The van der Waals surface area contributed by atoms with Gasteiger partial charge in [0.15, 0.2) is 0 Å². The Kier molecular flexibility index (Phi) is 6.16. The van der Waals surface area contributed by atoms with Crippen LogP contribution >= 0.6 is 11.8 Å². The number of allylic oxidation sites excluding steroid dienone is 1. The summed E-state index contributed by atoms with van der Waals surface area (Å²) in [4.78, 5) is 27.3. The van der Waals surface area contributed by atoms with Crippen molar-refractivity contribution in [3.63, 3.8) is 0 Å². The second-order valence-corrected chi connectivity index (χ2v) is 6.63. The molecule has 21 heavy (non-hydrogen) atoms. The standard InChI is InChI=1S/C15H21N3O2S/c1-8(2)5-11-12(6-16)15(21-7-13(17)20)18-9(3)14(11)10(4)19/h8,11,14H,5,7H2,1-4H3,(H2,17,20)/t11-,14?/m1/s1. The minimum Gasteiger partial charge on any atom is -0.369 e. The maximum Gasteiger partial charge on any atom is 0.227 e. The van der Waals surface area contributed by atoms with Crippen molar-refractivity contribution in [1.82, 2.24) is 0 Å². The first kappa shape index (κ1) is 17.4. The lowest BCUT2D eigenvalue weighted by Crippen LogP contribution is -2.33. The van der Waals surface area contributed by atoms with Gasteiger partial charge in [-0.25, -0.2) is 4.99 Å². The molecule has 0 saturated carbocycles. The highest BCUT2D eigenvalue weighted by Crippen LogP contribution is 2.39. The highest BCUT2D eigenvalue weighted by molar-refractivity contribution is 8.03. The summed E-state index contributed by atoms with van der Waals surface area (Å²) >= 11 is 1.17. The van der Waals surface area contributed by atoms with E-state index in [0.717, 1.165) is 6.42 Å². The SMILES string of the molecule is CC(=O)C1C(C)=NC(SCC(N)=O)=C(C#N)[C@H]1CC(C)C. The minimum atomic E-state index is -0.452. The average Bonchev–Trinajstić information content (AvgIpc) is 2.34. The number of amides is 1. The molecule has 1 amide bonds. The summed E-state index contributed by atoms with van der Waals surface area (Å²) in [5.74, 6) is -0.509. The second kappa shape index (κ2) is 7.41. The predicted octanol–water partition coefficient (Wildman–Crippen LogP) is 2.28. The maximum atomic E-state index is 11.9. The van der Waals surface area contributed by atoms with Crippen LogP contribution in [-0.4, -0.2) is 23.2 Å². The third-order valence-corrected chi connectivity index (χ3v) is 4.38. The molecule has 2 atom stereocenters. The van der Waals surface area contributed by atoms with E-state index in [4.69, 9.17) is 5.73 Å². The zero-order valence-electron chi connectivity index (χ0n) is 12.8. The van der Waals surface area contributed by atoms with Crippen molar-refractivity contribution in [3.8, 4) is 6.07 Å². The first-order chi connectivity index (χ1) is 9.77. The van der Waals surface area contributed by atoms with Crippen LogP contribution in [0.1, 0.15) is 34.1 Å². The van der Waals surface area contributed by atoms with Gasteiger partial charge in [0.25, 0.3) is 0 Å². The minimum absolute atomic E-state index is 0.0219. The Hall–Kier alpha value is -1.61. The molecule has 5 nitrogen and oxygen atoms in total. The number of rotatable bonds is 6. The van der Waals surface area contributed by atoms with Crippen molar-refractivity contribution in [3.05, 3.63) is 10.6 Å². The zero-order valence-corrected chi connectivity index (χ0v) is 13.7. The smallest absolute Gasteiger partial charge is 0.227 e. The summed E-state index contributed by atoms with van der Waals surface area (Å²) in [6, 6.07) is 2.19. The Bertz CT molecular complexity index is 544. The Morgan fingerprint density at radius 2 is 2.10 bits per heavy atom. The molecule has 1 aliphatic heterocycles. The Balaban J connectivity index is 3.23. The number of primary amides is 1. The normalized spacial score (nSPS) is 22.0. The van der Waals surface area contributed by atoms with Gasteiger partial charge in [-0.15, -0.1) is 0 Å². The lowest BCUT2D eigenvalue weighted by molar-refractivity contribution is -0.120. The van der Waals surface area contributed by atoms with E-state index in [2.05, 4.69) is 24.9 Å². The van der Waals surface area contributed by atoms with Gasteiger partial charge >= 0.3 is 0 Å². The van der Waals surface area contributed by atoms with E-state index in [-0.39, 0.29) is 23.4 Å². The van der Waals surface area contributed by atoms with Gasteiger partial charge in [0.1, 0.15) is 10.8 Å². The fourth-order valence-corrected chi connectivity index (χ4v) is 3.47. The Labute approximate surface area is 129 Å². The van der Waals surface area contributed by atoms with E-state index in [1.807, 2.05) is 0 Å². The lowest BCUT2D eigenvalue weighted by Gasteiger charge is -2.30. The summed E-state index contributed by atoms with van der Waals surface area (Å²) in [6.45, 7) is 7.46. The van der Waals surface area contributed by atoms with Crippen LogP contribution in [0.15, 0.2) is 15.6 Å². The topological polar surface area (TPSA) is 96.3 Å². The molecule has 0 saturated heterocycles. The highest BCUT2D eigenvalue weighted by Gasteiger charge is 2.36. The average molecular weight is 307 g/mol. The molecule has 6 heteroatoms. The van der Waals surface area contributed by atoms with Crippen LogP contribution in [0.2, 0.25) is 0 Å². The largest absolute Gasteiger partial charge is 0.369 e. The number of nitriles is 1. The van der Waals surface area contributed by atoms with E-state index in [1.165, 1.54) is 18.7 Å². The van der Waals surface area contributed by atoms with Crippen molar-refractivity contribution in [1.29, 1.82) is 5.26 Å². The molecule has 0 radical (unpaired) electrons. The van der Waals surface area contributed by atoms with Gasteiger partial charge in [-0.2, -0.15) is 5.26 Å². The summed E-state index contributed by atoms with van der Waals surface area (Å²) < 4.78 is 0. The van der Waals surface area contributed by atoms with Crippen LogP contribution in [0.5, 0.6) is 0 Å². The third-order valence-electron chi connectivity index (χ3n) is 3.37. The Morgan fingerprint density at radius 3 is 2.52 bits per heavy atom. The molecule has 0 aromatic carbocycles. The third kappa shape index (κ3) is 4.43. The van der Waals surface area contributed by atoms with Gasteiger partial charge in [-0.3, -0.25) is 9.59 Å². The van der Waals surface area contributed by atoms with Crippen LogP contribution in [0.3, 0.4) is 0 Å². The molecule has 0 spiro atoms. The zero-order chi connectivity index (χ0) is 16.2. The fraction of sp³-hybridized carbons (Fsp3) is 0.600. The molecular formula is C15H21N3O2S. The molecule has 0 aromatic heterocycles. The van der Waals surface area contributed by atoms with Crippen LogP contribution in [0, 0.1) is 29.1 Å². The number of hydrogen-bond donors (Lipinski definition) is 1. The Morgan fingerprint density at radius 1 is 1.48 bits per heavy atom. The quantitative estimate of drug-likeness (QED) is 0.814. The summed E-state index contributed by atoms with van der Waals surface area (Å²) in [6.07, 6.45) is 0.737. The van der Waals surface area contributed by atoms with Crippen LogP contribution in [0.25, 0.3) is 0 Å². The number of thioether (sulfide) groups is 1. The van der Waals surface area contributed by atoms with E-state index >= 15 is 0 Å². The molecule has 0 aliphatic carbocycles. The van der Waals surface area contributed by atoms with Gasteiger partial charge in [-0.05, 0) is 26.2 Å². The first-order valence-corrected chi connectivity index (χ1v) is 7.87. The monoisotopic (exact) mass is 307 g/mol. The molecular weight excluding hydrogens is 286 g/mol. The first-order valence-electron chi connectivity index (χ1n) is 6.88. The number of nitrogens with two attached hydrogens (primary N) is 1. The van der Waals surface area contributed by atoms with Gasteiger partial charge < -0.3 is 5.73 Å². The van der Waals surface area contributed by atoms with Crippen molar-refractivity contribution in [2.45, 2.75) is 34.1 Å². The molecule has 0 aromatic rings. The van der Waals surface area contributed by atoms with Crippen molar-refractivity contribution < 1.29 is 9.59 Å². The number of ketones is 1. The van der Waals surface area contributed by atoms with E-state index in [9.17, 15) is 14.9 Å². The number of carbonyl (C=O) groups excluding carboxylic acids is 2. The van der Waals surface area contributed by atoms with Crippen LogP contribution in [-0.2, 0) is 9.59 Å². The van der Waals surface area contributed by atoms with E-state index in [1.54, 1.807) is 6.92 Å². The number of hydrogen-bond acceptors (Lipinski definition) is 5. The molecule has 0 bridgehead atoms. The molecule has 1 rings (SSSR count). The van der Waals surface area contributed by atoms with Gasteiger partial charge in [0, 0.05) is 11.6 Å². The van der Waals surface area contributed by atoms with Gasteiger partial charge in [0.2, 0.25) is 5.91 Å². The lowest BCUT2D eigenvalue weighted by atomic mass is 9.75. The van der Waals surface area contributed by atoms with E-state index in [0.29, 0.717) is 22.2 Å². The van der Waals surface area contributed by atoms with Crippen LogP contribution in [0.4, 0.5) is 0 Å². The fourth-order valence-electron chi connectivity index (χ4n) is 2.63. The van der Waals surface area contributed by atoms with Crippen LogP contribution < -0.4 is 5.73 Å². The van der Waals surface area contributed by atoms with Crippen molar-refractivity contribution in [2.24, 2.45) is 28.5 Å². The molecule has 2 N–H and O–H groups in total. The summed E-state index contributed by atoms with van der Waals surface area (Å²) in [7, 11) is 0. The maximum absolute atomic E-state index is 11.9. The molecule has 114 valence electrons. The number of nitrogens with zero attached hydrogens (tertiary/aromatic N) is 2. The van der Waals surface area contributed by atoms with Crippen molar-refractivity contribution >= 4 is 29.2 Å². The van der Waals surface area contributed by atoms with E-state index < -0.39 is 5.91 Å². The second-order valence-electron chi connectivity index (χ2n) is 5.66. The number of aliphatic imine (C=N–C) groups is 1. The van der Waals surface area contributed by atoms with Gasteiger partial charge in [-0.1, -0.05) is 25.6 Å². The molecule has 1 aliphatic rings. The predicted molar refractivity (Wildman–Crippen MR) is 84.5 cm³/mol. The number of Topliss-reactive ketones (excluding diaryl/α,β-unsaturated/α-hetero) is 1. The van der Waals surface area contributed by atoms with Gasteiger partial charge in [0.05, 0.1) is 23.3 Å². The number of carbonyl (C=O) groups is 2. The summed E-state index contributed by atoms with van der Waals surface area (Å²) in [5, 5.41) is 10.0. The highest BCUT2D eigenvalue weighted by atomic mass is 32.2. The molecule has 0 fully saturated rings. The molecule has 1 heterocycles.